The second-order valence-electron chi connectivity index (χ2n) is 6.49. The summed E-state index contributed by atoms with van der Waals surface area (Å²) in [5.74, 6) is 1.81. The molecule has 1 unspecified atom stereocenters. The number of para-hydroxylation sites is 1. The van der Waals surface area contributed by atoms with E-state index in [1.54, 1.807) is 0 Å². The van der Waals surface area contributed by atoms with Gasteiger partial charge >= 0.3 is 0 Å². The Morgan fingerprint density at radius 3 is 2.75 bits per heavy atom. The van der Waals surface area contributed by atoms with Gasteiger partial charge in [-0.25, -0.2) is 0 Å². The lowest BCUT2D eigenvalue weighted by atomic mass is 10.0. The number of fused-ring (bicyclic) bond motifs is 1. The molecule has 1 aromatic carbocycles. The summed E-state index contributed by atoms with van der Waals surface area (Å²) in [4.78, 5) is 0. The van der Waals surface area contributed by atoms with Gasteiger partial charge in [-0.2, -0.15) is 0 Å². The zero-order valence-corrected chi connectivity index (χ0v) is 13.3. The fraction of sp³-hybridized carbons (Fsp3) is 0.647. The molecule has 0 bridgehead atoms. The summed E-state index contributed by atoms with van der Waals surface area (Å²) in [6.45, 7) is 11.6. The van der Waals surface area contributed by atoms with Crippen LogP contribution in [0.2, 0.25) is 0 Å². The number of hydrogen-bond acceptors (Lipinski definition) is 3. The first kappa shape index (κ1) is 15.2. The minimum Gasteiger partial charge on any atom is -0.485 e. The molecule has 20 heavy (non-hydrogen) atoms. The molecule has 0 spiro atoms. The van der Waals surface area contributed by atoms with Crippen LogP contribution in [0.4, 0.5) is 0 Å². The summed E-state index contributed by atoms with van der Waals surface area (Å²) >= 11 is 0. The molecule has 0 saturated heterocycles. The molecule has 1 N–H and O–H groups in total. The van der Waals surface area contributed by atoms with Crippen molar-refractivity contribution in [2.45, 2.75) is 65.2 Å². The second kappa shape index (κ2) is 6.04. The van der Waals surface area contributed by atoms with Gasteiger partial charge in [-0.3, -0.25) is 0 Å². The van der Waals surface area contributed by atoms with Gasteiger partial charge in [0.25, 0.3) is 0 Å². The molecule has 0 fully saturated rings. The normalized spacial score (nSPS) is 17.7. The number of ether oxygens (including phenoxy) is 2. The number of hydrogen-bond donors (Lipinski definition) is 1. The van der Waals surface area contributed by atoms with E-state index in [0.29, 0.717) is 6.04 Å². The molecule has 3 heteroatoms. The summed E-state index contributed by atoms with van der Waals surface area (Å²) in [5, 5.41) is 3.43. The van der Waals surface area contributed by atoms with E-state index in [1.807, 2.05) is 6.07 Å². The van der Waals surface area contributed by atoms with Crippen LogP contribution in [0.15, 0.2) is 18.2 Å². The minimum atomic E-state index is -0.125. The lowest BCUT2D eigenvalue weighted by Gasteiger charge is -2.22. The van der Waals surface area contributed by atoms with Crippen molar-refractivity contribution in [3.63, 3.8) is 0 Å². The summed E-state index contributed by atoms with van der Waals surface area (Å²) in [5.41, 5.74) is 1.12. The topological polar surface area (TPSA) is 30.5 Å². The Morgan fingerprint density at radius 1 is 1.35 bits per heavy atom. The fourth-order valence-corrected chi connectivity index (χ4v) is 2.50. The van der Waals surface area contributed by atoms with Crippen LogP contribution in [-0.2, 0) is 6.42 Å². The molecule has 0 aromatic heterocycles. The van der Waals surface area contributed by atoms with Gasteiger partial charge in [0.05, 0.1) is 0 Å². The van der Waals surface area contributed by atoms with Gasteiger partial charge in [0.1, 0.15) is 11.7 Å². The highest BCUT2D eigenvalue weighted by atomic mass is 16.5. The number of rotatable bonds is 6. The minimum absolute atomic E-state index is 0.125. The molecule has 0 radical (unpaired) electrons. The van der Waals surface area contributed by atoms with Crippen molar-refractivity contribution in [2.75, 3.05) is 6.54 Å². The average Bonchev–Trinajstić information content (AvgIpc) is 2.69. The van der Waals surface area contributed by atoms with Crippen LogP contribution < -0.4 is 14.8 Å². The molecule has 2 rings (SSSR count). The summed E-state index contributed by atoms with van der Waals surface area (Å²) in [6, 6.07) is 6.67. The van der Waals surface area contributed by atoms with Crippen molar-refractivity contribution in [3.8, 4) is 11.5 Å². The number of nitrogens with one attached hydrogen (secondary N) is 1. The van der Waals surface area contributed by atoms with Crippen LogP contribution in [0.3, 0.4) is 0 Å². The van der Waals surface area contributed by atoms with Crippen LogP contribution in [0.5, 0.6) is 11.5 Å². The van der Waals surface area contributed by atoms with E-state index in [2.05, 4.69) is 52.1 Å². The standard InChI is InChI=1S/C17H27NO2/c1-6-14(11-18-12(2)3)19-15-9-7-8-13-10-17(4,5)20-16(13)15/h7-9,12,14,18H,6,10-11H2,1-5H3. The zero-order chi connectivity index (χ0) is 14.8. The van der Waals surface area contributed by atoms with Gasteiger partial charge < -0.3 is 14.8 Å². The number of benzene rings is 1. The maximum absolute atomic E-state index is 6.16. The Kier molecular flexibility index (Phi) is 4.59. The summed E-state index contributed by atoms with van der Waals surface area (Å²) in [6.07, 6.45) is 2.10. The molecule has 3 nitrogen and oxygen atoms in total. The summed E-state index contributed by atoms with van der Waals surface area (Å²) in [7, 11) is 0. The SMILES string of the molecule is CCC(CNC(C)C)Oc1cccc2c1OC(C)(C)C2. The van der Waals surface area contributed by atoms with Gasteiger partial charge in [-0.15, -0.1) is 0 Å². The van der Waals surface area contributed by atoms with Crippen LogP contribution in [0, 0.1) is 0 Å². The maximum Gasteiger partial charge on any atom is 0.165 e. The lowest BCUT2D eigenvalue weighted by Crippen LogP contribution is -2.35. The first-order chi connectivity index (χ1) is 9.41. The Hall–Kier alpha value is -1.22. The van der Waals surface area contributed by atoms with Crippen LogP contribution in [0.1, 0.15) is 46.6 Å². The second-order valence-corrected chi connectivity index (χ2v) is 6.49. The predicted molar refractivity (Wildman–Crippen MR) is 82.7 cm³/mol. The molecular formula is C17H27NO2. The van der Waals surface area contributed by atoms with E-state index in [1.165, 1.54) is 5.56 Å². The smallest absolute Gasteiger partial charge is 0.165 e. The molecular weight excluding hydrogens is 250 g/mol. The van der Waals surface area contributed by atoms with Crippen molar-refractivity contribution < 1.29 is 9.47 Å². The van der Waals surface area contributed by atoms with Crippen molar-refractivity contribution >= 4 is 0 Å². The third kappa shape index (κ3) is 3.66. The molecule has 0 aliphatic carbocycles. The van der Waals surface area contributed by atoms with Gasteiger partial charge in [-0.05, 0) is 26.3 Å². The molecule has 1 aromatic rings. The largest absolute Gasteiger partial charge is 0.485 e. The highest BCUT2D eigenvalue weighted by Gasteiger charge is 2.32. The average molecular weight is 277 g/mol. The third-order valence-corrected chi connectivity index (χ3v) is 3.56. The first-order valence-corrected chi connectivity index (χ1v) is 7.62. The molecule has 0 saturated carbocycles. The zero-order valence-electron chi connectivity index (χ0n) is 13.3. The molecule has 1 aliphatic heterocycles. The summed E-state index contributed by atoms with van der Waals surface area (Å²) < 4.78 is 12.2. The first-order valence-electron chi connectivity index (χ1n) is 7.62. The van der Waals surface area contributed by atoms with E-state index >= 15 is 0 Å². The van der Waals surface area contributed by atoms with Crippen LogP contribution in [-0.4, -0.2) is 24.3 Å². The highest BCUT2D eigenvalue weighted by molar-refractivity contribution is 5.50. The maximum atomic E-state index is 6.16. The molecule has 1 aliphatic rings. The monoisotopic (exact) mass is 277 g/mol. The van der Waals surface area contributed by atoms with Crippen molar-refractivity contribution in [1.29, 1.82) is 0 Å². The van der Waals surface area contributed by atoms with Gasteiger partial charge in [0, 0.05) is 24.6 Å². The van der Waals surface area contributed by atoms with E-state index in [9.17, 15) is 0 Å². The Morgan fingerprint density at radius 2 is 2.10 bits per heavy atom. The highest BCUT2D eigenvalue weighted by Crippen LogP contribution is 2.42. The van der Waals surface area contributed by atoms with Crippen molar-refractivity contribution in [1.82, 2.24) is 5.32 Å². The van der Waals surface area contributed by atoms with E-state index in [0.717, 1.165) is 30.9 Å². The Labute approximate surface area is 122 Å². The van der Waals surface area contributed by atoms with Crippen molar-refractivity contribution in [2.24, 2.45) is 0 Å². The molecule has 1 heterocycles. The van der Waals surface area contributed by atoms with Crippen LogP contribution in [0.25, 0.3) is 0 Å². The van der Waals surface area contributed by atoms with Gasteiger partial charge in [0.15, 0.2) is 11.5 Å². The third-order valence-electron chi connectivity index (χ3n) is 3.56. The van der Waals surface area contributed by atoms with E-state index < -0.39 is 0 Å². The molecule has 112 valence electrons. The van der Waals surface area contributed by atoms with Crippen LogP contribution >= 0.6 is 0 Å². The van der Waals surface area contributed by atoms with E-state index in [-0.39, 0.29) is 11.7 Å². The lowest BCUT2D eigenvalue weighted by molar-refractivity contribution is 0.123. The molecule has 1 atom stereocenters. The molecule has 0 amide bonds. The Balaban J connectivity index is 2.09. The Bertz CT molecular complexity index is 454. The van der Waals surface area contributed by atoms with Gasteiger partial charge in [0.2, 0.25) is 0 Å². The van der Waals surface area contributed by atoms with E-state index in [4.69, 9.17) is 9.47 Å². The van der Waals surface area contributed by atoms with Crippen molar-refractivity contribution in [3.05, 3.63) is 23.8 Å². The fourth-order valence-electron chi connectivity index (χ4n) is 2.50. The predicted octanol–water partition coefficient (Wildman–Crippen LogP) is 3.56. The quantitative estimate of drug-likeness (QED) is 0.862. The van der Waals surface area contributed by atoms with Gasteiger partial charge in [-0.1, -0.05) is 32.9 Å².